The third-order valence-electron chi connectivity index (χ3n) is 6.39. The van der Waals surface area contributed by atoms with Gasteiger partial charge in [-0.1, -0.05) is 0 Å². The average molecular weight is 262 g/mol. The highest BCUT2D eigenvalue weighted by atomic mass is 16.2. The molecule has 1 atom stereocenters. The monoisotopic (exact) mass is 262 g/mol. The van der Waals surface area contributed by atoms with Gasteiger partial charge in [-0.15, -0.1) is 0 Å². The van der Waals surface area contributed by atoms with Crippen LogP contribution in [-0.2, 0) is 4.79 Å². The van der Waals surface area contributed by atoms with Gasteiger partial charge in [0.15, 0.2) is 0 Å². The van der Waals surface area contributed by atoms with E-state index in [0.717, 1.165) is 49.1 Å². The van der Waals surface area contributed by atoms with E-state index in [1.54, 1.807) is 0 Å². The molecular weight excluding hydrogens is 236 g/mol. The number of carbonyl (C=O) groups excluding carboxylic acids is 1. The van der Waals surface area contributed by atoms with Crippen molar-refractivity contribution in [3.05, 3.63) is 0 Å². The molecule has 0 radical (unpaired) electrons. The number of nitrogens with zero attached hydrogens (tertiary/aromatic N) is 1. The minimum absolute atomic E-state index is 0.217. The summed E-state index contributed by atoms with van der Waals surface area (Å²) in [6.45, 7) is 1.82. The molecule has 4 bridgehead atoms. The van der Waals surface area contributed by atoms with Crippen LogP contribution in [0.15, 0.2) is 0 Å². The van der Waals surface area contributed by atoms with Gasteiger partial charge in [0.2, 0.25) is 5.91 Å². The van der Waals surface area contributed by atoms with Crippen molar-refractivity contribution >= 4 is 5.91 Å². The summed E-state index contributed by atoms with van der Waals surface area (Å²) in [5.41, 5.74) is 6.04. The standard InChI is InChI=1S/C16H26N2O/c17-14-1-2-16(19)18(8-14)9-15-12-4-10-3-11(6-12)7-13(15)5-10/h10-15H,1-9,17H2. The van der Waals surface area contributed by atoms with Gasteiger partial charge in [-0.05, 0) is 68.1 Å². The van der Waals surface area contributed by atoms with Crippen molar-refractivity contribution in [2.24, 2.45) is 35.3 Å². The highest BCUT2D eigenvalue weighted by Crippen LogP contribution is 2.56. The van der Waals surface area contributed by atoms with Gasteiger partial charge in [-0.25, -0.2) is 0 Å². The van der Waals surface area contributed by atoms with Crippen molar-refractivity contribution in [3.8, 4) is 0 Å². The van der Waals surface area contributed by atoms with Crippen LogP contribution in [0, 0.1) is 29.6 Å². The molecule has 19 heavy (non-hydrogen) atoms. The lowest BCUT2D eigenvalue weighted by atomic mass is 9.52. The number of rotatable bonds is 2. The number of hydrogen-bond donors (Lipinski definition) is 1. The Morgan fingerprint density at radius 1 is 1.05 bits per heavy atom. The number of hydrogen-bond acceptors (Lipinski definition) is 2. The largest absolute Gasteiger partial charge is 0.341 e. The Hall–Kier alpha value is -0.570. The Kier molecular flexibility index (Phi) is 2.87. The van der Waals surface area contributed by atoms with Crippen molar-refractivity contribution in [1.29, 1.82) is 0 Å². The van der Waals surface area contributed by atoms with Crippen LogP contribution in [0.1, 0.15) is 44.9 Å². The van der Waals surface area contributed by atoms with E-state index in [4.69, 9.17) is 5.73 Å². The lowest BCUT2D eigenvalue weighted by molar-refractivity contribution is -0.137. The number of nitrogens with two attached hydrogens (primary N) is 1. The van der Waals surface area contributed by atoms with Crippen molar-refractivity contribution in [1.82, 2.24) is 4.90 Å². The highest BCUT2D eigenvalue weighted by molar-refractivity contribution is 5.77. The molecule has 5 rings (SSSR count). The van der Waals surface area contributed by atoms with E-state index < -0.39 is 0 Å². The predicted octanol–water partition coefficient (Wildman–Crippen LogP) is 2.01. The highest BCUT2D eigenvalue weighted by Gasteiger charge is 2.48. The Balaban J connectivity index is 1.46. The third kappa shape index (κ3) is 2.10. The fourth-order valence-corrected chi connectivity index (χ4v) is 5.71. The van der Waals surface area contributed by atoms with Gasteiger partial charge in [0.25, 0.3) is 0 Å². The average Bonchev–Trinajstić information content (AvgIpc) is 2.37. The maximum absolute atomic E-state index is 12.1. The van der Waals surface area contributed by atoms with Crippen LogP contribution in [0.2, 0.25) is 0 Å². The van der Waals surface area contributed by atoms with Crippen LogP contribution in [0.25, 0.3) is 0 Å². The van der Waals surface area contributed by atoms with Gasteiger partial charge in [-0.2, -0.15) is 0 Å². The summed E-state index contributed by atoms with van der Waals surface area (Å²) >= 11 is 0. The summed E-state index contributed by atoms with van der Waals surface area (Å²) in [5, 5.41) is 0. The van der Waals surface area contributed by atoms with Crippen molar-refractivity contribution < 1.29 is 4.79 Å². The molecule has 2 N–H and O–H groups in total. The molecule has 1 amide bonds. The van der Waals surface area contributed by atoms with E-state index in [0.29, 0.717) is 12.3 Å². The van der Waals surface area contributed by atoms with E-state index in [-0.39, 0.29) is 6.04 Å². The molecule has 5 aliphatic rings. The van der Waals surface area contributed by atoms with Crippen LogP contribution in [-0.4, -0.2) is 29.9 Å². The number of amides is 1. The maximum Gasteiger partial charge on any atom is 0.222 e. The molecule has 1 saturated heterocycles. The Bertz CT molecular complexity index is 353. The quantitative estimate of drug-likeness (QED) is 0.827. The Morgan fingerprint density at radius 3 is 2.32 bits per heavy atom. The fraction of sp³-hybridized carbons (Fsp3) is 0.938. The Labute approximate surface area is 115 Å². The van der Waals surface area contributed by atoms with Gasteiger partial charge in [0.05, 0.1) is 0 Å². The smallest absolute Gasteiger partial charge is 0.222 e. The predicted molar refractivity (Wildman–Crippen MR) is 74.3 cm³/mol. The first-order chi connectivity index (χ1) is 9.19. The van der Waals surface area contributed by atoms with E-state index in [1.165, 1.54) is 32.1 Å². The molecular formula is C16H26N2O. The van der Waals surface area contributed by atoms with Gasteiger partial charge in [-0.3, -0.25) is 4.79 Å². The first kappa shape index (κ1) is 12.2. The molecule has 0 spiro atoms. The lowest BCUT2D eigenvalue weighted by Crippen LogP contribution is -2.53. The second kappa shape index (κ2) is 4.47. The zero-order valence-electron chi connectivity index (χ0n) is 11.8. The summed E-state index contributed by atoms with van der Waals surface area (Å²) in [6, 6.07) is 0.217. The molecule has 5 fully saturated rings. The minimum atomic E-state index is 0.217. The SMILES string of the molecule is NC1CCC(=O)N(CC2C3CC4CC(C3)CC2C4)C1. The minimum Gasteiger partial charge on any atom is -0.341 e. The van der Waals surface area contributed by atoms with Crippen LogP contribution in [0.3, 0.4) is 0 Å². The van der Waals surface area contributed by atoms with E-state index in [1.807, 2.05) is 0 Å². The van der Waals surface area contributed by atoms with Crippen LogP contribution < -0.4 is 5.73 Å². The molecule has 4 saturated carbocycles. The fourth-order valence-electron chi connectivity index (χ4n) is 5.71. The molecule has 1 heterocycles. The molecule has 0 aromatic rings. The summed E-state index contributed by atoms with van der Waals surface area (Å²) < 4.78 is 0. The second-order valence-electron chi connectivity index (χ2n) is 7.69. The first-order valence-corrected chi connectivity index (χ1v) is 8.22. The maximum atomic E-state index is 12.1. The Morgan fingerprint density at radius 2 is 1.68 bits per heavy atom. The molecule has 0 aromatic heterocycles. The van der Waals surface area contributed by atoms with E-state index in [2.05, 4.69) is 4.90 Å². The summed E-state index contributed by atoms with van der Waals surface area (Å²) in [7, 11) is 0. The molecule has 4 aliphatic carbocycles. The van der Waals surface area contributed by atoms with Crippen molar-refractivity contribution in [2.75, 3.05) is 13.1 Å². The van der Waals surface area contributed by atoms with E-state index in [9.17, 15) is 4.79 Å². The topological polar surface area (TPSA) is 46.3 Å². The van der Waals surface area contributed by atoms with Gasteiger partial charge in [0, 0.05) is 25.6 Å². The third-order valence-corrected chi connectivity index (χ3v) is 6.39. The number of carbonyl (C=O) groups is 1. The normalized spacial score (nSPS) is 48.9. The van der Waals surface area contributed by atoms with Gasteiger partial charge >= 0.3 is 0 Å². The molecule has 3 heteroatoms. The second-order valence-corrected chi connectivity index (χ2v) is 7.69. The lowest BCUT2D eigenvalue weighted by Gasteiger charge is -2.55. The van der Waals surface area contributed by atoms with Crippen molar-refractivity contribution in [2.45, 2.75) is 51.0 Å². The molecule has 3 nitrogen and oxygen atoms in total. The first-order valence-electron chi connectivity index (χ1n) is 8.22. The van der Waals surface area contributed by atoms with Gasteiger partial charge < -0.3 is 10.6 Å². The number of likely N-dealkylation sites (tertiary alicyclic amines) is 1. The summed E-state index contributed by atoms with van der Waals surface area (Å²) in [5.74, 6) is 5.04. The molecule has 106 valence electrons. The molecule has 1 aliphatic heterocycles. The van der Waals surface area contributed by atoms with Gasteiger partial charge in [0.1, 0.15) is 0 Å². The summed E-state index contributed by atoms with van der Waals surface area (Å²) in [4.78, 5) is 14.2. The van der Waals surface area contributed by atoms with Crippen molar-refractivity contribution in [3.63, 3.8) is 0 Å². The van der Waals surface area contributed by atoms with Crippen LogP contribution >= 0.6 is 0 Å². The molecule has 0 aromatic carbocycles. The van der Waals surface area contributed by atoms with Crippen LogP contribution in [0.4, 0.5) is 0 Å². The zero-order chi connectivity index (χ0) is 13.0. The number of piperidine rings is 1. The van der Waals surface area contributed by atoms with Crippen LogP contribution in [0.5, 0.6) is 0 Å². The van der Waals surface area contributed by atoms with E-state index >= 15 is 0 Å². The molecule has 1 unspecified atom stereocenters. The summed E-state index contributed by atoms with van der Waals surface area (Å²) in [6.07, 6.45) is 8.87. The zero-order valence-corrected chi connectivity index (χ0v) is 11.8.